The fourth-order valence-electron chi connectivity index (χ4n) is 3.50. The summed E-state index contributed by atoms with van der Waals surface area (Å²) in [5.74, 6) is 0.547. The minimum Gasteiger partial charge on any atom is -0.480 e. The van der Waals surface area contributed by atoms with E-state index in [1.807, 2.05) is 30.3 Å². The Morgan fingerprint density at radius 3 is 2.43 bits per heavy atom. The van der Waals surface area contributed by atoms with Crippen molar-refractivity contribution in [3.05, 3.63) is 60.2 Å². The molecule has 5 nitrogen and oxygen atoms in total. The number of rotatable bonds is 7. The van der Waals surface area contributed by atoms with Crippen LogP contribution < -0.4 is 15.4 Å². The molecule has 0 bridgehead atoms. The summed E-state index contributed by atoms with van der Waals surface area (Å²) < 4.78 is 5.83. The molecular formula is C23H28N2O3. The molecular weight excluding hydrogens is 352 g/mol. The maximum atomic E-state index is 12.6. The van der Waals surface area contributed by atoms with E-state index < -0.39 is 6.10 Å². The van der Waals surface area contributed by atoms with Crippen molar-refractivity contribution in [3.8, 4) is 5.75 Å². The number of benzene rings is 2. The average Bonchev–Trinajstić information content (AvgIpc) is 2.73. The van der Waals surface area contributed by atoms with Gasteiger partial charge in [-0.15, -0.1) is 0 Å². The summed E-state index contributed by atoms with van der Waals surface area (Å²) >= 11 is 0. The summed E-state index contributed by atoms with van der Waals surface area (Å²) in [7, 11) is 0. The van der Waals surface area contributed by atoms with Crippen LogP contribution in [0.4, 0.5) is 5.69 Å². The third-order valence-corrected chi connectivity index (χ3v) is 5.13. The van der Waals surface area contributed by atoms with E-state index in [1.54, 1.807) is 31.2 Å². The van der Waals surface area contributed by atoms with Crippen molar-refractivity contribution >= 4 is 17.5 Å². The molecule has 1 aliphatic carbocycles. The zero-order chi connectivity index (χ0) is 19.8. The van der Waals surface area contributed by atoms with Gasteiger partial charge in [0.1, 0.15) is 5.75 Å². The van der Waals surface area contributed by atoms with Crippen molar-refractivity contribution in [2.45, 2.75) is 45.1 Å². The minimum atomic E-state index is -0.672. The second-order valence-corrected chi connectivity index (χ2v) is 7.33. The van der Waals surface area contributed by atoms with E-state index in [0.29, 0.717) is 29.5 Å². The van der Waals surface area contributed by atoms with E-state index in [2.05, 4.69) is 10.6 Å². The van der Waals surface area contributed by atoms with E-state index >= 15 is 0 Å². The first kappa shape index (κ1) is 19.9. The molecule has 28 heavy (non-hydrogen) atoms. The molecule has 1 saturated carbocycles. The van der Waals surface area contributed by atoms with Crippen LogP contribution in [0.25, 0.3) is 0 Å². The number of carbonyl (C=O) groups is 2. The summed E-state index contributed by atoms with van der Waals surface area (Å²) in [4.78, 5) is 25.1. The first-order valence-electron chi connectivity index (χ1n) is 10.0. The van der Waals surface area contributed by atoms with Crippen LogP contribution in [0.15, 0.2) is 54.6 Å². The summed E-state index contributed by atoms with van der Waals surface area (Å²) in [6, 6.07) is 16.2. The largest absolute Gasteiger partial charge is 0.480 e. The van der Waals surface area contributed by atoms with Crippen molar-refractivity contribution in [2.75, 3.05) is 11.9 Å². The lowest BCUT2D eigenvalue weighted by Crippen LogP contribution is -2.39. The van der Waals surface area contributed by atoms with E-state index in [0.717, 1.165) is 0 Å². The molecule has 0 radical (unpaired) electrons. The molecule has 2 amide bonds. The predicted octanol–water partition coefficient (Wildman–Crippen LogP) is 4.40. The zero-order valence-electron chi connectivity index (χ0n) is 16.3. The van der Waals surface area contributed by atoms with Gasteiger partial charge in [0.05, 0.1) is 5.56 Å². The molecule has 0 aromatic heterocycles. The van der Waals surface area contributed by atoms with Gasteiger partial charge in [-0.2, -0.15) is 0 Å². The van der Waals surface area contributed by atoms with Gasteiger partial charge in [-0.25, -0.2) is 0 Å². The van der Waals surface area contributed by atoms with Gasteiger partial charge >= 0.3 is 0 Å². The molecule has 1 fully saturated rings. The average molecular weight is 380 g/mol. The van der Waals surface area contributed by atoms with Crippen LogP contribution >= 0.6 is 0 Å². The molecule has 2 N–H and O–H groups in total. The molecule has 0 spiro atoms. The van der Waals surface area contributed by atoms with Gasteiger partial charge in [-0.3, -0.25) is 9.59 Å². The maximum absolute atomic E-state index is 12.6. The third-order valence-electron chi connectivity index (χ3n) is 5.13. The molecule has 2 aromatic carbocycles. The molecule has 2 aromatic rings. The van der Waals surface area contributed by atoms with Crippen molar-refractivity contribution < 1.29 is 14.3 Å². The first-order chi connectivity index (χ1) is 13.6. The fourth-order valence-corrected chi connectivity index (χ4v) is 3.50. The lowest BCUT2D eigenvalue weighted by molar-refractivity contribution is -0.127. The normalized spacial score (nSPS) is 15.5. The summed E-state index contributed by atoms with van der Waals surface area (Å²) in [6.07, 6.45) is 5.48. The molecule has 0 aliphatic heterocycles. The molecule has 1 aliphatic rings. The fraction of sp³-hybridized carbons (Fsp3) is 0.391. The minimum absolute atomic E-state index is 0.149. The number of amides is 2. The summed E-state index contributed by atoms with van der Waals surface area (Å²) in [6.45, 7) is 2.41. The molecule has 3 rings (SSSR count). The summed E-state index contributed by atoms with van der Waals surface area (Å²) in [5, 5.41) is 5.85. The van der Waals surface area contributed by atoms with Crippen LogP contribution in [0.3, 0.4) is 0 Å². The van der Waals surface area contributed by atoms with E-state index in [-0.39, 0.29) is 11.8 Å². The number of ether oxygens (including phenoxy) is 1. The predicted molar refractivity (Wildman–Crippen MR) is 111 cm³/mol. The monoisotopic (exact) mass is 380 g/mol. The van der Waals surface area contributed by atoms with Crippen molar-refractivity contribution in [3.63, 3.8) is 0 Å². The molecule has 0 saturated heterocycles. The van der Waals surface area contributed by atoms with Crippen molar-refractivity contribution in [1.29, 1.82) is 0 Å². The highest BCUT2D eigenvalue weighted by atomic mass is 16.5. The number of hydrogen-bond donors (Lipinski definition) is 2. The molecule has 148 valence electrons. The number of anilines is 1. The van der Waals surface area contributed by atoms with Gasteiger partial charge in [-0.1, -0.05) is 49.6 Å². The molecule has 5 heteroatoms. The Labute approximate surface area is 166 Å². The topological polar surface area (TPSA) is 67.4 Å². The van der Waals surface area contributed by atoms with Crippen LogP contribution in [0.1, 0.15) is 49.4 Å². The van der Waals surface area contributed by atoms with E-state index in [1.165, 1.54) is 32.1 Å². The maximum Gasteiger partial charge on any atom is 0.260 e. The van der Waals surface area contributed by atoms with Gasteiger partial charge in [0.15, 0.2) is 6.10 Å². The Morgan fingerprint density at radius 1 is 1.00 bits per heavy atom. The van der Waals surface area contributed by atoms with Gasteiger partial charge in [-0.05, 0) is 49.9 Å². The van der Waals surface area contributed by atoms with Crippen LogP contribution in [-0.2, 0) is 4.79 Å². The Hall–Kier alpha value is -2.82. The second kappa shape index (κ2) is 9.93. The van der Waals surface area contributed by atoms with Crippen LogP contribution in [0.2, 0.25) is 0 Å². The Balaban J connectivity index is 1.58. The Morgan fingerprint density at radius 2 is 1.68 bits per heavy atom. The van der Waals surface area contributed by atoms with E-state index in [4.69, 9.17) is 4.74 Å². The highest BCUT2D eigenvalue weighted by molar-refractivity contribution is 6.06. The zero-order valence-corrected chi connectivity index (χ0v) is 16.3. The number of para-hydroxylation sites is 2. The standard InChI is InChI=1S/C23H28N2O3/c1-17(22(26)24-16-18-10-4-2-5-11-18)28-21-15-9-8-14-20(21)23(27)25-19-12-6-3-7-13-19/h3,6-9,12-15,17-18H,2,4-5,10-11,16H2,1H3,(H,24,26)(H,25,27)/t17-/m1/s1. The van der Waals surface area contributed by atoms with Crippen LogP contribution in [0, 0.1) is 5.92 Å². The molecule has 1 atom stereocenters. The SMILES string of the molecule is C[C@@H](Oc1ccccc1C(=O)Nc1ccccc1)C(=O)NCC1CCCCC1. The quantitative estimate of drug-likeness (QED) is 0.748. The highest BCUT2D eigenvalue weighted by Crippen LogP contribution is 2.23. The van der Waals surface area contributed by atoms with Gasteiger partial charge in [0.25, 0.3) is 11.8 Å². The summed E-state index contributed by atoms with van der Waals surface area (Å²) in [5.41, 5.74) is 1.11. The van der Waals surface area contributed by atoms with Crippen molar-refractivity contribution in [1.82, 2.24) is 5.32 Å². The highest BCUT2D eigenvalue weighted by Gasteiger charge is 2.20. The van der Waals surface area contributed by atoms with E-state index in [9.17, 15) is 9.59 Å². The molecule has 0 unspecified atom stereocenters. The Bertz CT molecular complexity index is 785. The van der Waals surface area contributed by atoms with Crippen LogP contribution in [-0.4, -0.2) is 24.5 Å². The van der Waals surface area contributed by atoms with Gasteiger partial charge < -0.3 is 15.4 Å². The number of carbonyl (C=O) groups excluding carboxylic acids is 2. The lowest BCUT2D eigenvalue weighted by Gasteiger charge is -2.23. The second-order valence-electron chi connectivity index (χ2n) is 7.33. The Kier molecular flexibility index (Phi) is 7.06. The third kappa shape index (κ3) is 5.59. The smallest absolute Gasteiger partial charge is 0.260 e. The molecule has 0 heterocycles. The lowest BCUT2D eigenvalue weighted by atomic mass is 9.89. The van der Waals surface area contributed by atoms with Crippen LogP contribution in [0.5, 0.6) is 5.75 Å². The van der Waals surface area contributed by atoms with Gasteiger partial charge in [0.2, 0.25) is 0 Å². The van der Waals surface area contributed by atoms with Gasteiger partial charge in [0, 0.05) is 12.2 Å². The number of hydrogen-bond acceptors (Lipinski definition) is 3. The first-order valence-corrected chi connectivity index (χ1v) is 10.0. The van der Waals surface area contributed by atoms with Crippen molar-refractivity contribution in [2.24, 2.45) is 5.92 Å². The number of nitrogens with one attached hydrogen (secondary N) is 2.